The van der Waals surface area contributed by atoms with Crippen molar-refractivity contribution in [2.24, 2.45) is 0 Å². The zero-order valence-corrected chi connectivity index (χ0v) is 10.8. The fourth-order valence-electron chi connectivity index (χ4n) is 1.98. The van der Waals surface area contributed by atoms with Gasteiger partial charge in [-0.25, -0.2) is 4.98 Å². The van der Waals surface area contributed by atoms with E-state index in [2.05, 4.69) is 24.1 Å². The Balaban J connectivity index is 1.88. The molecule has 3 nitrogen and oxygen atoms in total. The molecule has 1 aromatic heterocycles. The molecule has 0 bridgehead atoms. The number of nitrogens with zero attached hydrogens (tertiary/aromatic N) is 1. The largest absolute Gasteiger partial charge is 0.381 e. The van der Waals surface area contributed by atoms with Crippen LogP contribution in [0.15, 0.2) is 6.20 Å². The molecular weight excluding hydrogens is 220 g/mol. The summed E-state index contributed by atoms with van der Waals surface area (Å²) < 4.78 is 5.36. The minimum Gasteiger partial charge on any atom is -0.381 e. The first-order valence-electron chi connectivity index (χ1n) is 6.08. The van der Waals surface area contributed by atoms with Crippen molar-refractivity contribution < 1.29 is 4.74 Å². The summed E-state index contributed by atoms with van der Waals surface area (Å²) in [6.07, 6.45) is 5.33. The summed E-state index contributed by atoms with van der Waals surface area (Å²) in [4.78, 5) is 5.85. The van der Waals surface area contributed by atoms with E-state index in [1.807, 2.05) is 17.5 Å². The van der Waals surface area contributed by atoms with Crippen LogP contribution in [-0.2, 0) is 11.2 Å². The number of nitrogens with one attached hydrogen (secondary N) is 1. The summed E-state index contributed by atoms with van der Waals surface area (Å²) in [6.45, 7) is 6.16. The van der Waals surface area contributed by atoms with Crippen molar-refractivity contribution in [3.05, 3.63) is 16.1 Å². The Hall–Kier alpha value is -0.450. The molecule has 0 aromatic carbocycles. The van der Waals surface area contributed by atoms with Gasteiger partial charge in [-0.05, 0) is 26.2 Å². The summed E-state index contributed by atoms with van der Waals surface area (Å²) in [5.74, 6) is 0. The van der Waals surface area contributed by atoms with Gasteiger partial charge in [-0.3, -0.25) is 0 Å². The van der Waals surface area contributed by atoms with E-state index < -0.39 is 0 Å². The van der Waals surface area contributed by atoms with E-state index in [1.54, 1.807) is 0 Å². The zero-order valence-electron chi connectivity index (χ0n) is 10.0. The first-order chi connectivity index (χ1) is 7.79. The van der Waals surface area contributed by atoms with Gasteiger partial charge < -0.3 is 10.1 Å². The Morgan fingerprint density at radius 1 is 1.56 bits per heavy atom. The normalized spacial score (nSPS) is 19.9. The van der Waals surface area contributed by atoms with Crippen LogP contribution >= 0.6 is 11.3 Å². The molecule has 1 aromatic rings. The summed E-state index contributed by atoms with van der Waals surface area (Å²) >= 11 is 1.82. The van der Waals surface area contributed by atoms with Crippen molar-refractivity contribution in [2.75, 3.05) is 13.2 Å². The number of ether oxygens (including phenoxy) is 1. The standard InChI is InChI=1S/C12H20N2OS/c1-3-11-8-13-12(16-11)9(2)14-10-4-6-15-7-5-10/h8-10,14H,3-7H2,1-2H3. The minimum absolute atomic E-state index is 0.369. The molecule has 1 atom stereocenters. The van der Waals surface area contributed by atoms with Crippen LogP contribution < -0.4 is 5.32 Å². The maximum absolute atomic E-state index is 5.36. The van der Waals surface area contributed by atoms with Crippen molar-refractivity contribution in [3.8, 4) is 0 Å². The molecule has 1 aliphatic rings. The number of hydrogen-bond donors (Lipinski definition) is 1. The number of aromatic nitrogens is 1. The van der Waals surface area contributed by atoms with Crippen LogP contribution in [0.3, 0.4) is 0 Å². The van der Waals surface area contributed by atoms with Crippen molar-refractivity contribution in [2.45, 2.75) is 45.2 Å². The van der Waals surface area contributed by atoms with E-state index in [-0.39, 0.29) is 0 Å². The SMILES string of the molecule is CCc1cnc(C(C)NC2CCOCC2)s1. The molecule has 0 aliphatic carbocycles. The molecule has 1 fully saturated rings. The number of hydrogen-bond acceptors (Lipinski definition) is 4. The van der Waals surface area contributed by atoms with Gasteiger partial charge in [0.15, 0.2) is 0 Å². The molecule has 1 saturated heterocycles. The van der Waals surface area contributed by atoms with E-state index in [1.165, 1.54) is 9.88 Å². The number of thiazole rings is 1. The Morgan fingerprint density at radius 2 is 2.31 bits per heavy atom. The average Bonchev–Trinajstić information content (AvgIpc) is 2.79. The van der Waals surface area contributed by atoms with Crippen molar-refractivity contribution in [3.63, 3.8) is 0 Å². The van der Waals surface area contributed by atoms with Gasteiger partial charge in [-0.2, -0.15) is 0 Å². The van der Waals surface area contributed by atoms with E-state index >= 15 is 0 Å². The van der Waals surface area contributed by atoms with Gasteiger partial charge in [-0.15, -0.1) is 11.3 Å². The Morgan fingerprint density at radius 3 is 2.94 bits per heavy atom. The molecule has 1 unspecified atom stereocenters. The maximum atomic E-state index is 5.36. The highest BCUT2D eigenvalue weighted by molar-refractivity contribution is 7.11. The maximum Gasteiger partial charge on any atom is 0.109 e. The van der Waals surface area contributed by atoms with E-state index in [9.17, 15) is 0 Å². The molecule has 90 valence electrons. The van der Waals surface area contributed by atoms with Crippen LogP contribution in [-0.4, -0.2) is 24.2 Å². The molecule has 2 heterocycles. The van der Waals surface area contributed by atoms with E-state index in [0.29, 0.717) is 12.1 Å². The highest BCUT2D eigenvalue weighted by Crippen LogP contribution is 2.21. The molecule has 1 N–H and O–H groups in total. The zero-order chi connectivity index (χ0) is 11.4. The van der Waals surface area contributed by atoms with Gasteiger partial charge in [0.05, 0.1) is 6.04 Å². The topological polar surface area (TPSA) is 34.2 Å². The molecule has 0 radical (unpaired) electrons. The van der Waals surface area contributed by atoms with Gasteiger partial charge in [0, 0.05) is 30.3 Å². The second kappa shape index (κ2) is 5.75. The molecule has 16 heavy (non-hydrogen) atoms. The second-order valence-corrected chi connectivity index (χ2v) is 5.44. The van der Waals surface area contributed by atoms with Crippen LogP contribution in [0.25, 0.3) is 0 Å². The molecule has 0 spiro atoms. The molecule has 0 amide bonds. The van der Waals surface area contributed by atoms with Gasteiger partial charge in [0.2, 0.25) is 0 Å². The van der Waals surface area contributed by atoms with Gasteiger partial charge >= 0.3 is 0 Å². The van der Waals surface area contributed by atoms with Crippen LogP contribution in [0.2, 0.25) is 0 Å². The molecular formula is C12H20N2OS. The van der Waals surface area contributed by atoms with Gasteiger partial charge in [0.25, 0.3) is 0 Å². The lowest BCUT2D eigenvalue weighted by Crippen LogP contribution is -2.36. The summed E-state index contributed by atoms with van der Waals surface area (Å²) in [6, 6.07) is 0.964. The first kappa shape index (κ1) is 12.0. The predicted octanol–water partition coefficient (Wildman–Crippen LogP) is 2.54. The van der Waals surface area contributed by atoms with Crippen molar-refractivity contribution >= 4 is 11.3 Å². The lowest BCUT2D eigenvalue weighted by molar-refractivity contribution is 0.0754. The fraction of sp³-hybridized carbons (Fsp3) is 0.750. The Labute approximate surface area is 101 Å². The monoisotopic (exact) mass is 240 g/mol. The van der Waals surface area contributed by atoms with Crippen LogP contribution in [0.1, 0.15) is 42.6 Å². The summed E-state index contributed by atoms with van der Waals surface area (Å²) in [5, 5.41) is 4.85. The lowest BCUT2D eigenvalue weighted by Gasteiger charge is -2.25. The summed E-state index contributed by atoms with van der Waals surface area (Å²) in [7, 11) is 0. The van der Waals surface area contributed by atoms with E-state index in [0.717, 1.165) is 32.5 Å². The van der Waals surface area contributed by atoms with Crippen LogP contribution in [0, 0.1) is 0 Å². The highest BCUT2D eigenvalue weighted by atomic mass is 32.1. The first-order valence-corrected chi connectivity index (χ1v) is 6.89. The van der Waals surface area contributed by atoms with E-state index in [4.69, 9.17) is 4.74 Å². The number of rotatable bonds is 4. The quantitative estimate of drug-likeness (QED) is 0.878. The summed E-state index contributed by atoms with van der Waals surface area (Å²) in [5.41, 5.74) is 0. The van der Waals surface area contributed by atoms with Crippen LogP contribution in [0.5, 0.6) is 0 Å². The minimum atomic E-state index is 0.369. The lowest BCUT2D eigenvalue weighted by atomic mass is 10.1. The van der Waals surface area contributed by atoms with Gasteiger partial charge in [0.1, 0.15) is 5.01 Å². The number of aryl methyl sites for hydroxylation is 1. The molecule has 4 heteroatoms. The predicted molar refractivity (Wildman–Crippen MR) is 66.9 cm³/mol. The Bertz CT molecular complexity index is 321. The Kier molecular flexibility index (Phi) is 4.32. The third kappa shape index (κ3) is 3.03. The average molecular weight is 240 g/mol. The van der Waals surface area contributed by atoms with Crippen LogP contribution in [0.4, 0.5) is 0 Å². The van der Waals surface area contributed by atoms with Gasteiger partial charge in [-0.1, -0.05) is 6.92 Å². The van der Waals surface area contributed by atoms with Crippen molar-refractivity contribution in [1.82, 2.24) is 10.3 Å². The molecule has 0 saturated carbocycles. The second-order valence-electron chi connectivity index (χ2n) is 4.29. The third-order valence-corrected chi connectivity index (χ3v) is 4.32. The smallest absolute Gasteiger partial charge is 0.109 e. The fourth-order valence-corrected chi connectivity index (χ4v) is 2.84. The third-order valence-electron chi connectivity index (χ3n) is 3.00. The molecule has 2 rings (SSSR count). The van der Waals surface area contributed by atoms with Crippen molar-refractivity contribution in [1.29, 1.82) is 0 Å². The highest BCUT2D eigenvalue weighted by Gasteiger charge is 2.18. The molecule has 1 aliphatic heterocycles.